The molecule has 4 nitrogen and oxygen atoms in total. The summed E-state index contributed by atoms with van der Waals surface area (Å²) in [5.74, 6) is -4.11. The summed E-state index contributed by atoms with van der Waals surface area (Å²) in [6, 6.07) is 1.85. The SMILES string of the molecule is Nc1cnc(Nc2ccc(F)c(F)c2F)nc1. The second-order valence-electron chi connectivity index (χ2n) is 3.19. The predicted molar refractivity (Wildman–Crippen MR) is 56.0 cm³/mol. The minimum Gasteiger partial charge on any atom is -0.396 e. The first kappa shape index (κ1) is 11.2. The smallest absolute Gasteiger partial charge is 0.227 e. The molecular formula is C10H7F3N4. The van der Waals surface area contributed by atoms with E-state index in [0.29, 0.717) is 5.69 Å². The van der Waals surface area contributed by atoms with Crippen molar-refractivity contribution in [3.8, 4) is 0 Å². The lowest BCUT2D eigenvalue weighted by Gasteiger charge is -2.06. The molecule has 0 aliphatic rings. The number of rotatable bonds is 2. The van der Waals surface area contributed by atoms with E-state index in [-0.39, 0.29) is 11.6 Å². The van der Waals surface area contributed by atoms with E-state index in [2.05, 4.69) is 15.3 Å². The van der Waals surface area contributed by atoms with Crippen LogP contribution in [0.4, 0.5) is 30.5 Å². The molecule has 1 aromatic carbocycles. The number of nitrogens with zero attached hydrogens (tertiary/aromatic N) is 2. The normalized spacial score (nSPS) is 10.3. The van der Waals surface area contributed by atoms with Crippen LogP contribution in [0, 0.1) is 17.5 Å². The molecule has 0 saturated carbocycles. The lowest BCUT2D eigenvalue weighted by atomic mass is 10.3. The number of halogens is 3. The number of hydrogen-bond acceptors (Lipinski definition) is 4. The maximum Gasteiger partial charge on any atom is 0.227 e. The summed E-state index contributed by atoms with van der Waals surface area (Å²) < 4.78 is 38.8. The van der Waals surface area contributed by atoms with E-state index < -0.39 is 17.5 Å². The highest BCUT2D eigenvalue weighted by molar-refractivity contribution is 5.54. The van der Waals surface area contributed by atoms with Gasteiger partial charge in [0.2, 0.25) is 5.95 Å². The third-order valence-electron chi connectivity index (χ3n) is 1.95. The minimum atomic E-state index is -1.55. The van der Waals surface area contributed by atoms with Crippen molar-refractivity contribution in [3.63, 3.8) is 0 Å². The Morgan fingerprint density at radius 3 is 2.29 bits per heavy atom. The molecule has 0 aliphatic heterocycles. The van der Waals surface area contributed by atoms with Crippen molar-refractivity contribution in [2.24, 2.45) is 0 Å². The highest BCUT2D eigenvalue weighted by atomic mass is 19.2. The highest BCUT2D eigenvalue weighted by Crippen LogP contribution is 2.21. The summed E-state index contributed by atoms with van der Waals surface area (Å²) in [5.41, 5.74) is 5.44. The molecule has 7 heteroatoms. The van der Waals surface area contributed by atoms with E-state index in [4.69, 9.17) is 5.73 Å². The van der Waals surface area contributed by atoms with E-state index in [0.717, 1.165) is 12.1 Å². The van der Waals surface area contributed by atoms with E-state index in [9.17, 15) is 13.2 Å². The van der Waals surface area contributed by atoms with Gasteiger partial charge in [0, 0.05) is 0 Å². The van der Waals surface area contributed by atoms with Crippen molar-refractivity contribution in [3.05, 3.63) is 42.0 Å². The molecule has 0 bridgehead atoms. The fourth-order valence-electron chi connectivity index (χ4n) is 1.15. The molecule has 0 radical (unpaired) electrons. The lowest BCUT2D eigenvalue weighted by molar-refractivity contribution is 0.449. The van der Waals surface area contributed by atoms with Crippen LogP contribution >= 0.6 is 0 Å². The van der Waals surface area contributed by atoms with Gasteiger partial charge in [0.1, 0.15) is 0 Å². The first-order valence-corrected chi connectivity index (χ1v) is 4.56. The molecule has 2 aromatic rings. The second kappa shape index (κ2) is 4.28. The van der Waals surface area contributed by atoms with Crippen LogP contribution in [0.2, 0.25) is 0 Å². The Bertz CT molecular complexity index is 542. The maximum atomic E-state index is 13.3. The number of nitrogens with two attached hydrogens (primary N) is 1. The molecule has 0 unspecified atom stereocenters. The topological polar surface area (TPSA) is 63.8 Å². The van der Waals surface area contributed by atoms with Crippen molar-refractivity contribution in [1.29, 1.82) is 0 Å². The number of aromatic nitrogens is 2. The fraction of sp³-hybridized carbons (Fsp3) is 0. The lowest BCUT2D eigenvalue weighted by Crippen LogP contribution is -2.02. The number of nitrogens with one attached hydrogen (secondary N) is 1. The van der Waals surface area contributed by atoms with Crippen LogP contribution in [0.25, 0.3) is 0 Å². The molecule has 0 fully saturated rings. The number of hydrogen-bond donors (Lipinski definition) is 2. The van der Waals surface area contributed by atoms with Crippen LogP contribution < -0.4 is 11.1 Å². The number of nitrogen functional groups attached to an aromatic ring is 1. The van der Waals surface area contributed by atoms with Gasteiger partial charge in [0.25, 0.3) is 0 Å². The average Bonchev–Trinajstić information content (AvgIpc) is 2.33. The summed E-state index contributed by atoms with van der Waals surface area (Å²) in [6.07, 6.45) is 2.60. The Balaban J connectivity index is 2.30. The van der Waals surface area contributed by atoms with Crippen LogP contribution in [-0.4, -0.2) is 9.97 Å². The van der Waals surface area contributed by atoms with Gasteiger partial charge in [-0.15, -0.1) is 0 Å². The zero-order valence-corrected chi connectivity index (χ0v) is 8.42. The molecule has 0 spiro atoms. The Labute approximate surface area is 94.3 Å². The molecule has 0 atom stereocenters. The quantitative estimate of drug-likeness (QED) is 0.790. The molecule has 3 N–H and O–H groups in total. The van der Waals surface area contributed by atoms with Crippen molar-refractivity contribution in [2.45, 2.75) is 0 Å². The monoisotopic (exact) mass is 240 g/mol. The Kier molecular flexibility index (Phi) is 2.82. The van der Waals surface area contributed by atoms with Gasteiger partial charge in [0.05, 0.1) is 23.8 Å². The van der Waals surface area contributed by atoms with Crippen LogP contribution in [0.5, 0.6) is 0 Å². The van der Waals surface area contributed by atoms with Crippen LogP contribution in [0.15, 0.2) is 24.5 Å². The van der Waals surface area contributed by atoms with E-state index in [1.165, 1.54) is 12.4 Å². The molecule has 17 heavy (non-hydrogen) atoms. The van der Waals surface area contributed by atoms with Crippen LogP contribution in [0.3, 0.4) is 0 Å². The minimum absolute atomic E-state index is 0.0316. The molecule has 0 aliphatic carbocycles. The Hall–Kier alpha value is -2.31. The van der Waals surface area contributed by atoms with Crippen LogP contribution in [-0.2, 0) is 0 Å². The Morgan fingerprint density at radius 1 is 1.00 bits per heavy atom. The summed E-state index contributed by atoms with van der Waals surface area (Å²) >= 11 is 0. The van der Waals surface area contributed by atoms with Gasteiger partial charge in [-0.3, -0.25) is 0 Å². The van der Waals surface area contributed by atoms with Gasteiger partial charge < -0.3 is 11.1 Å². The van der Waals surface area contributed by atoms with E-state index >= 15 is 0 Å². The third-order valence-corrected chi connectivity index (χ3v) is 1.95. The number of anilines is 3. The largest absolute Gasteiger partial charge is 0.396 e. The van der Waals surface area contributed by atoms with Crippen molar-refractivity contribution in [2.75, 3.05) is 11.1 Å². The third kappa shape index (κ3) is 2.27. The van der Waals surface area contributed by atoms with Gasteiger partial charge in [-0.1, -0.05) is 0 Å². The molecule has 0 amide bonds. The van der Waals surface area contributed by atoms with Crippen molar-refractivity contribution in [1.82, 2.24) is 9.97 Å². The summed E-state index contributed by atoms with van der Waals surface area (Å²) in [4.78, 5) is 7.47. The molecular weight excluding hydrogens is 233 g/mol. The first-order chi connectivity index (χ1) is 8.08. The van der Waals surface area contributed by atoms with Crippen molar-refractivity contribution >= 4 is 17.3 Å². The molecule has 1 aromatic heterocycles. The fourth-order valence-corrected chi connectivity index (χ4v) is 1.15. The van der Waals surface area contributed by atoms with Gasteiger partial charge in [0.15, 0.2) is 17.5 Å². The molecule has 0 saturated heterocycles. The van der Waals surface area contributed by atoms with E-state index in [1.54, 1.807) is 0 Å². The summed E-state index contributed by atoms with van der Waals surface area (Å²) in [7, 11) is 0. The predicted octanol–water partition coefficient (Wildman–Crippen LogP) is 2.22. The average molecular weight is 240 g/mol. The van der Waals surface area contributed by atoms with Crippen molar-refractivity contribution < 1.29 is 13.2 Å². The Morgan fingerprint density at radius 2 is 1.65 bits per heavy atom. The highest BCUT2D eigenvalue weighted by Gasteiger charge is 2.13. The van der Waals surface area contributed by atoms with Crippen LogP contribution in [0.1, 0.15) is 0 Å². The molecule has 88 valence electrons. The molecule has 1 heterocycles. The van der Waals surface area contributed by atoms with Gasteiger partial charge in [-0.05, 0) is 12.1 Å². The second-order valence-corrected chi connectivity index (χ2v) is 3.19. The summed E-state index contributed by atoms with van der Waals surface area (Å²) in [5, 5.41) is 2.41. The maximum absolute atomic E-state index is 13.3. The number of benzene rings is 1. The van der Waals surface area contributed by atoms with Gasteiger partial charge in [-0.25, -0.2) is 23.1 Å². The first-order valence-electron chi connectivity index (χ1n) is 4.56. The van der Waals surface area contributed by atoms with Gasteiger partial charge >= 0.3 is 0 Å². The zero-order chi connectivity index (χ0) is 12.4. The van der Waals surface area contributed by atoms with Gasteiger partial charge in [-0.2, -0.15) is 0 Å². The van der Waals surface area contributed by atoms with E-state index in [1.807, 2.05) is 0 Å². The molecule has 2 rings (SSSR count). The summed E-state index contributed by atoms with van der Waals surface area (Å²) in [6.45, 7) is 0. The zero-order valence-electron chi connectivity index (χ0n) is 8.42. The standard InChI is InChI=1S/C10H7F3N4/c11-6-1-2-7(9(13)8(6)12)17-10-15-3-5(14)4-16-10/h1-4H,14H2,(H,15,16,17).